The molecule has 9 heteroatoms. The van der Waals surface area contributed by atoms with Crippen LogP contribution in [-0.2, 0) is 12.6 Å². The fourth-order valence-corrected chi connectivity index (χ4v) is 2.69. The maximum Gasteiger partial charge on any atom is 0.417 e. The van der Waals surface area contributed by atoms with Crippen LogP contribution in [0.3, 0.4) is 0 Å². The van der Waals surface area contributed by atoms with Crippen LogP contribution in [-0.4, -0.2) is 17.4 Å². The zero-order valence-electron chi connectivity index (χ0n) is 12.9. The molecule has 0 unspecified atom stereocenters. The van der Waals surface area contributed by atoms with Crippen molar-refractivity contribution in [1.29, 1.82) is 0 Å². The molecule has 0 atom stereocenters. The molecule has 2 N–H and O–H groups in total. The first-order chi connectivity index (χ1) is 10.9. The van der Waals surface area contributed by atoms with Crippen molar-refractivity contribution >= 4 is 42.1 Å². The van der Waals surface area contributed by atoms with Crippen molar-refractivity contribution in [3.63, 3.8) is 0 Å². The topological polar surface area (TPSA) is 59.2 Å². The van der Waals surface area contributed by atoms with Crippen LogP contribution in [0.2, 0.25) is 0 Å². The number of benzene rings is 1. The van der Waals surface area contributed by atoms with Crippen molar-refractivity contribution in [3.05, 3.63) is 53.3 Å². The van der Waals surface area contributed by atoms with E-state index in [9.17, 15) is 18.0 Å². The number of halogens is 5. The average Bonchev–Trinajstić information content (AvgIpc) is 2.53. The van der Waals surface area contributed by atoms with Gasteiger partial charge in [-0.05, 0) is 42.7 Å². The lowest BCUT2D eigenvalue weighted by atomic mass is 9.99. The number of pyridine rings is 1. The summed E-state index contributed by atoms with van der Waals surface area (Å²) < 4.78 is 37.7. The number of anilines is 2. The molecule has 0 saturated heterocycles. The van der Waals surface area contributed by atoms with Gasteiger partial charge < -0.3 is 10.6 Å². The van der Waals surface area contributed by atoms with Gasteiger partial charge in [-0.25, -0.2) is 0 Å². The van der Waals surface area contributed by atoms with E-state index >= 15 is 0 Å². The highest BCUT2D eigenvalue weighted by Gasteiger charge is 2.31. The highest BCUT2D eigenvalue weighted by Crippen LogP contribution is 2.32. The number of hydrogen-bond acceptors (Lipinski definition) is 3. The van der Waals surface area contributed by atoms with Gasteiger partial charge in [0.1, 0.15) is 5.69 Å². The van der Waals surface area contributed by atoms with Crippen LogP contribution in [0.15, 0.2) is 36.5 Å². The Balaban J connectivity index is 0.00000156. The quantitative estimate of drug-likeness (QED) is 0.741. The van der Waals surface area contributed by atoms with E-state index in [1.165, 1.54) is 4.90 Å². The van der Waals surface area contributed by atoms with Crippen molar-refractivity contribution in [2.24, 2.45) is 0 Å². The standard InChI is InChI=1S/C16H14F3N3O.2ClH/c17-16(18,19)10-6-7-13(21-9-10)15(23)22-8-2-3-11-12(20)4-1-5-14(11)22;;/h1,4-7,9H,2-3,8,20H2;2*1H. The Labute approximate surface area is 155 Å². The smallest absolute Gasteiger partial charge is 0.398 e. The number of rotatable bonds is 1. The number of amides is 1. The zero-order chi connectivity index (χ0) is 16.6. The van der Waals surface area contributed by atoms with Crippen molar-refractivity contribution in [3.8, 4) is 0 Å². The number of fused-ring (bicyclic) bond motifs is 1. The van der Waals surface area contributed by atoms with Crippen LogP contribution < -0.4 is 10.6 Å². The number of carbonyl (C=O) groups is 1. The van der Waals surface area contributed by atoms with Crippen LogP contribution in [0.4, 0.5) is 24.5 Å². The van der Waals surface area contributed by atoms with Gasteiger partial charge in [0, 0.05) is 24.1 Å². The first kappa shape index (κ1) is 21.1. The summed E-state index contributed by atoms with van der Waals surface area (Å²) >= 11 is 0. The molecule has 25 heavy (non-hydrogen) atoms. The summed E-state index contributed by atoms with van der Waals surface area (Å²) in [6.45, 7) is 0.484. The third-order valence-corrected chi connectivity index (χ3v) is 3.84. The lowest BCUT2D eigenvalue weighted by Gasteiger charge is -2.30. The molecule has 0 radical (unpaired) electrons. The maximum absolute atomic E-state index is 12.6. The molecule has 4 nitrogen and oxygen atoms in total. The summed E-state index contributed by atoms with van der Waals surface area (Å²) in [6, 6.07) is 7.27. The first-order valence-corrected chi connectivity index (χ1v) is 7.10. The van der Waals surface area contributed by atoms with E-state index in [-0.39, 0.29) is 30.5 Å². The fraction of sp³-hybridized carbons (Fsp3) is 0.250. The van der Waals surface area contributed by atoms with Gasteiger partial charge in [0.15, 0.2) is 0 Å². The van der Waals surface area contributed by atoms with Crippen molar-refractivity contribution < 1.29 is 18.0 Å². The Hall–Kier alpha value is -1.99. The summed E-state index contributed by atoms with van der Waals surface area (Å²) in [5.41, 5.74) is 7.23. The molecule has 2 heterocycles. The second-order valence-electron chi connectivity index (χ2n) is 5.34. The summed E-state index contributed by atoms with van der Waals surface area (Å²) in [7, 11) is 0. The van der Waals surface area contributed by atoms with Crippen LogP contribution >= 0.6 is 24.8 Å². The van der Waals surface area contributed by atoms with Gasteiger partial charge in [-0.2, -0.15) is 13.2 Å². The maximum atomic E-state index is 12.6. The van der Waals surface area contributed by atoms with E-state index in [0.717, 1.165) is 30.5 Å². The van der Waals surface area contributed by atoms with Gasteiger partial charge in [-0.15, -0.1) is 24.8 Å². The normalized spacial score (nSPS) is 13.3. The Morgan fingerprint density at radius 1 is 1.16 bits per heavy atom. The van der Waals surface area contributed by atoms with E-state index in [1.807, 2.05) is 0 Å². The fourth-order valence-electron chi connectivity index (χ4n) is 2.69. The minimum atomic E-state index is -4.47. The zero-order valence-corrected chi connectivity index (χ0v) is 14.5. The third kappa shape index (κ3) is 4.16. The summed E-state index contributed by atoms with van der Waals surface area (Å²) in [4.78, 5) is 17.8. The number of hydrogen-bond donors (Lipinski definition) is 1. The molecule has 0 saturated carbocycles. The molecule has 1 amide bonds. The molecule has 0 spiro atoms. The van der Waals surface area contributed by atoms with Crippen LogP contribution in [0, 0.1) is 0 Å². The lowest BCUT2D eigenvalue weighted by molar-refractivity contribution is -0.137. The van der Waals surface area contributed by atoms with Gasteiger partial charge >= 0.3 is 6.18 Å². The second-order valence-corrected chi connectivity index (χ2v) is 5.34. The average molecular weight is 394 g/mol. The monoisotopic (exact) mass is 393 g/mol. The lowest BCUT2D eigenvalue weighted by Crippen LogP contribution is -2.36. The first-order valence-electron chi connectivity index (χ1n) is 7.10. The summed E-state index contributed by atoms with van der Waals surface area (Å²) in [5.74, 6) is -0.426. The Bertz CT molecular complexity index is 751. The Morgan fingerprint density at radius 2 is 1.88 bits per heavy atom. The van der Waals surface area contributed by atoms with Crippen molar-refractivity contribution in [2.45, 2.75) is 19.0 Å². The van der Waals surface area contributed by atoms with E-state index in [4.69, 9.17) is 5.73 Å². The van der Waals surface area contributed by atoms with E-state index < -0.39 is 17.6 Å². The SMILES string of the molecule is Cl.Cl.Nc1cccc2c1CCCN2C(=O)c1ccc(C(F)(F)F)cn1. The molecule has 1 aliphatic heterocycles. The summed E-state index contributed by atoms with van der Waals surface area (Å²) in [6.07, 6.45) is -2.28. The number of nitrogen functional groups attached to an aromatic ring is 1. The van der Waals surface area contributed by atoms with E-state index in [1.54, 1.807) is 18.2 Å². The predicted molar refractivity (Wildman–Crippen MR) is 94.6 cm³/mol. The van der Waals surface area contributed by atoms with Gasteiger partial charge in [-0.3, -0.25) is 9.78 Å². The second kappa shape index (κ2) is 7.93. The van der Waals surface area contributed by atoms with Gasteiger partial charge in [0.25, 0.3) is 5.91 Å². The molecule has 0 bridgehead atoms. The predicted octanol–water partition coefficient (Wildman–Crippen LogP) is 4.12. The number of nitrogens with two attached hydrogens (primary N) is 1. The highest BCUT2D eigenvalue weighted by molar-refractivity contribution is 6.05. The van der Waals surface area contributed by atoms with E-state index in [2.05, 4.69) is 4.98 Å². The number of nitrogens with zero attached hydrogens (tertiary/aromatic N) is 2. The number of aromatic nitrogens is 1. The van der Waals surface area contributed by atoms with E-state index in [0.29, 0.717) is 24.1 Å². The Kier molecular flexibility index (Phi) is 6.68. The van der Waals surface area contributed by atoms with Crippen LogP contribution in [0.1, 0.15) is 28.0 Å². The number of alkyl halides is 3. The van der Waals surface area contributed by atoms with Gasteiger partial charge in [0.05, 0.1) is 5.56 Å². The van der Waals surface area contributed by atoms with Crippen LogP contribution in [0.25, 0.3) is 0 Å². The Morgan fingerprint density at radius 3 is 2.48 bits per heavy atom. The summed E-state index contributed by atoms with van der Waals surface area (Å²) in [5, 5.41) is 0. The highest BCUT2D eigenvalue weighted by atomic mass is 35.5. The van der Waals surface area contributed by atoms with Crippen LogP contribution in [0.5, 0.6) is 0 Å². The molecule has 136 valence electrons. The van der Waals surface area contributed by atoms with Gasteiger partial charge in [-0.1, -0.05) is 6.07 Å². The van der Waals surface area contributed by atoms with Crippen molar-refractivity contribution in [2.75, 3.05) is 17.2 Å². The number of carbonyl (C=O) groups excluding carboxylic acids is 1. The molecule has 0 fully saturated rings. The molecule has 1 aliphatic rings. The minimum Gasteiger partial charge on any atom is -0.398 e. The third-order valence-electron chi connectivity index (χ3n) is 3.84. The largest absolute Gasteiger partial charge is 0.417 e. The van der Waals surface area contributed by atoms with Gasteiger partial charge in [0.2, 0.25) is 0 Å². The molecule has 2 aromatic rings. The van der Waals surface area contributed by atoms with Crippen molar-refractivity contribution in [1.82, 2.24) is 4.98 Å². The molecular weight excluding hydrogens is 378 g/mol. The molecule has 0 aliphatic carbocycles. The molecule has 3 rings (SSSR count). The molecular formula is C16H16Cl2F3N3O. The molecule has 1 aromatic carbocycles. The molecule has 1 aromatic heterocycles. The minimum absolute atomic E-state index is 0.